The average molecular weight is 305 g/mol. The topological polar surface area (TPSA) is 61.8 Å². The van der Waals surface area contributed by atoms with Crippen LogP contribution < -0.4 is 0 Å². The van der Waals surface area contributed by atoms with E-state index in [0.717, 1.165) is 22.4 Å². The maximum absolute atomic E-state index is 13.3. The van der Waals surface area contributed by atoms with Gasteiger partial charge in [-0.1, -0.05) is 12.1 Å². The molecule has 0 unspecified atom stereocenters. The predicted octanol–water partition coefficient (Wildman–Crippen LogP) is 4.14. The van der Waals surface area contributed by atoms with E-state index in [1.165, 1.54) is 18.2 Å². The van der Waals surface area contributed by atoms with Gasteiger partial charge in [-0.25, -0.2) is 4.39 Å². The first kappa shape index (κ1) is 13.5. The Balaban J connectivity index is 2.07. The van der Waals surface area contributed by atoms with E-state index in [2.05, 4.69) is 15.0 Å². The van der Waals surface area contributed by atoms with Crippen LogP contribution in [0.15, 0.2) is 61.1 Å². The predicted molar refractivity (Wildman–Crippen MR) is 86.4 cm³/mol. The molecule has 1 aromatic carbocycles. The summed E-state index contributed by atoms with van der Waals surface area (Å²) in [4.78, 5) is 11.6. The van der Waals surface area contributed by atoms with Gasteiger partial charge in [0.25, 0.3) is 0 Å². The number of hydrogen-bond donors (Lipinski definition) is 2. The van der Waals surface area contributed by atoms with E-state index in [1.807, 2.05) is 12.1 Å². The van der Waals surface area contributed by atoms with Crippen LogP contribution in [0.25, 0.3) is 33.4 Å². The molecule has 3 aromatic heterocycles. The number of aromatic nitrogens is 3. The maximum Gasteiger partial charge on any atom is 0.142 e. The Kier molecular flexibility index (Phi) is 3.05. The SMILES string of the molecule is Oc1ccnc2c(-c3ccc(F)cc3)c(-c3ccncc3)[nH]c12. The van der Waals surface area contributed by atoms with Crippen LogP contribution in [0, 0.1) is 5.82 Å². The van der Waals surface area contributed by atoms with Gasteiger partial charge in [-0.3, -0.25) is 9.97 Å². The van der Waals surface area contributed by atoms with E-state index in [-0.39, 0.29) is 11.6 Å². The summed E-state index contributed by atoms with van der Waals surface area (Å²) in [7, 11) is 0. The van der Waals surface area contributed by atoms with Crippen LogP contribution >= 0.6 is 0 Å². The number of aromatic hydroxyl groups is 1. The van der Waals surface area contributed by atoms with Crippen molar-refractivity contribution in [1.29, 1.82) is 0 Å². The number of nitrogens with one attached hydrogen (secondary N) is 1. The van der Waals surface area contributed by atoms with Crippen LogP contribution in [0.5, 0.6) is 5.75 Å². The van der Waals surface area contributed by atoms with E-state index >= 15 is 0 Å². The van der Waals surface area contributed by atoms with Gasteiger partial charge in [0.15, 0.2) is 0 Å². The van der Waals surface area contributed by atoms with Crippen LogP contribution in [0.1, 0.15) is 0 Å². The van der Waals surface area contributed by atoms with Crippen LogP contribution in [0.4, 0.5) is 4.39 Å². The number of hydrogen-bond acceptors (Lipinski definition) is 3. The third-order valence-electron chi connectivity index (χ3n) is 3.77. The molecule has 0 saturated heterocycles. The van der Waals surface area contributed by atoms with Crippen molar-refractivity contribution in [2.24, 2.45) is 0 Å². The number of fused-ring (bicyclic) bond motifs is 1. The molecule has 0 radical (unpaired) electrons. The fourth-order valence-electron chi connectivity index (χ4n) is 2.70. The molecule has 23 heavy (non-hydrogen) atoms. The molecule has 5 heteroatoms. The summed E-state index contributed by atoms with van der Waals surface area (Å²) in [5.41, 5.74) is 4.56. The zero-order chi connectivity index (χ0) is 15.8. The van der Waals surface area contributed by atoms with Crippen molar-refractivity contribution in [1.82, 2.24) is 15.0 Å². The molecule has 0 spiro atoms. The van der Waals surface area contributed by atoms with Gasteiger partial charge < -0.3 is 10.1 Å². The van der Waals surface area contributed by atoms with Gasteiger partial charge in [0.05, 0.1) is 5.69 Å². The number of nitrogens with zero attached hydrogens (tertiary/aromatic N) is 2. The number of benzene rings is 1. The first-order chi connectivity index (χ1) is 11.2. The van der Waals surface area contributed by atoms with Crippen molar-refractivity contribution in [2.45, 2.75) is 0 Å². The fourth-order valence-corrected chi connectivity index (χ4v) is 2.70. The van der Waals surface area contributed by atoms with Crippen molar-refractivity contribution >= 4 is 11.0 Å². The van der Waals surface area contributed by atoms with Crippen molar-refractivity contribution in [3.8, 4) is 28.1 Å². The van der Waals surface area contributed by atoms with Crippen LogP contribution in [0.3, 0.4) is 0 Å². The molecule has 3 heterocycles. The molecule has 112 valence electrons. The molecule has 0 bridgehead atoms. The van der Waals surface area contributed by atoms with Crippen molar-refractivity contribution in [2.75, 3.05) is 0 Å². The second kappa shape index (κ2) is 5.21. The second-order valence-electron chi connectivity index (χ2n) is 5.17. The maximum atomic E-state index is 13.3. The Bertz CT molecular complexity index is 979. The normalized spacial score (nSPS) is 11.0. The molecule has 0 aliphatic carbocycles. The monoisotopic (exact) mass is 305 g/mol. The number of halogens is 1. The smallest absolute Gasteiger partial charge is 0.142 e. The Morgan fingerprint density at radius 2 is 1.61 bits per heavy atom. The molecule has 0 atom stereocenters. The van der Waals surface area contributed by atoms with E-state index in [9.17, 15) is 9.50 Å². The zero-order valence-electron chi connectivity index (χ0n) is 12.0. The molecule has 0 aliphatic rings. The Labute approximate surface area is 131 Å². The number of H-pyrrole nitrogens is 1. The molecule has 0 saturated carbocycles. The molecule has 0 amide bonds. The van der Waals surface area contributed by atoms with Crippen molar-refractivity contribution in [3.63, 3.8) is 0 Å². The largest absolute Gasteiger partial charge is 0.506 e. The van der Waals surface area contributed by atoms with Gasteiger partial charge >= 0.3 is 0 Å². The lowest BCUT2D eigenvalue weighted by Crippen LogP contribution is -1.84. The average Bonchev–Trinajstić information content (AvgIpc) is 2.97. The first-order valence-corrected chi connectivity index (χ1v) is 7.10. The lowest BCUT2D eigenvalue weighted by molar-refractivity contribution is 0.480. The van der Waals surface area contributed by atoms with Gasteiger partial charge in [-0.2, -0.15) is 0 Å². The molecule has 0 aliphatic heterocycles. The summed E-state index contributed by atoms with van der Waals surface area (Å²) in [5.74, 6) is -0.173. The Morgan fingerprint density at radius 3 is 2.35 bits per heavy atom. The van der Waals surface area contributed by atoms with Crippen molar-refractivity contribution in [3.05, 3.63) is 66.9 Å². The summed E-state index contributed by atoms with van der Waals surface area (Å²) < 4.78 is 13.3. The number of aromatic amines is 1. The third kappa shape index (κ3) is 2.23. The minimum Gasteiger partial charge on any atom is -0.506 e. The molecule has 4 aromatic rings. The quantitative estimate of drug-likeness (QED) is 0.585. The lowest BCUT2D eigenvalue weighted by atomic mass is 10.0. The van der Waals surface area contributed by atoms with Gasteiger partial charge in [0, 0.05) is 35.8 Å². The highest BCUT2D eigenvalue weighted by Gasteiger charge is 2.18. The Hall–Kier alpha value is -3.21. The lowest BCUT2D eigenvalue weighted by Gasteiger charge is -2.05. The summed E-state index contributed by atoms with van der Waals surface area (Å²) in [5, 5.41) is 10.1. The van der Waals surface area contributed by atoms with Gasteiger partial charge in [-0.15, -0.1) is 0 Å². The molecule has 4 nitrogen and oxygen atoms in total. The van der Waals surface area contributed by atoms with Gasteiger partial charge in [0.2, 0.25) is 0 Å². The fraction of sp³-hybridized carbons (Fsp3) is 0. The molecule has 2 N–H and O–H groups in total. The summed E-state index contributed by atoms with van der Waals surface area (Å²) in [6, 6.07) is 11.5. The van der Waals surface area contributed by atoms with Gasteiger partial charge in [-0.05, 0) is 29.8 Å². The standard InChI is InChI=1S/C18H12FN3O/c19-13-3-1-11(2-4-13)15-16(12-5-8-20-9-6-12)22-17-14(23)7-10-21-18(15)17/h1-10,22H,(H,21,23). The van der Waals surface area contributed by atoms with E-state index in [0.29, 0.717) is 11.0 Å². The van der Waals surface area contributed by atoms with E-state index in [4.69, 9.17) is 0 Å². The van der Waals surface area contributed by atoms with Crippen LogP contribution in [-0.4, -0.2) is 20.1 Å². The summed E-state index contributed by atoms with van der Waals surface area (Å²) in [6.07, 6.45) is 4.94. The first-order valence-electron chi connectivity index (χ1n) is 7.10. The molecular weight excluding hydrogens is 293 g/mol. The van der Waals surface area contributed by atoms with E-state index in [1.54, 1.807) is 30.7 Å². The van der Waals surface area contributed by atoms with Crippen LogP contribution in [-0.2, 0) is 0 Å². The van der Waals surface area contributed by atoms with Crippen LogP contribution in [0.2, 0.25) is 0 Å². The highest BCUT2D eigenvalue weighted by molar-refractivity contribution is 6.03. The number of rotatable bonds is 2. The number of pyridine rings is 2. The minimum absolute atomic E-state index is 0.124. The summed E-state index contributed by atoms with van der Waals surface area (Å²) >= 11 is 0. The third-order valence-corrected chi connectivity index (χ3v) is 3.77. The van der Waals surface area contributed by atoms with Crippen molar-refractivity contribution < 1.29 is 9.50 Å². The summed E-state index contributed by atoms with van der Waals surface area (Å²) in [6.45, 7) is 0. The molecule has 0 fully saturated rings. The molecular formula is C18H12FN3O. The zero-order valence-corrected chi connectivity index (χ0v) is 12.0. The van der Waals surface area contributed by atoms with Gasteiger partial charge in [0.1, 0.15) is 22.6 Å². The highest BCUT2D eigenvalue weighted by Crippen LogP contribution is 2.39. The van der Waals surface area contributed by atoms with E-state index < -0.39 is 0 Å². The molecule has 4 rings (SSSR count). The highest BCUT2D eigenvalue weighted by atomic mass is 19.1. The minimum atomic E-state index is -0.296. The second-order valence-corrected chi connectivity index (χ2v) is 5.17. The Morgan fingerprint density at radius 1 is 0.870 bits per heavy atom.